The summed E-state index contributed by atoms with van der Waals surface area (Å²) in [4.78, 5) is 39.2. The van der Waals surface area contributed by atoms with E-state index >= 15 is 8.78 Å². The molecule has 1 amide bonds. The summed E-state index contributed by atoms with van der Waals surface area (Å²) in [5.74, 6) is -5.43. The number of nitrogens with one attached hydrogen (secondary N) is 1. The molecule has 1 fully saturated rings. The number of carbonyl (C=O) groups excluding carboxylic acids is 2. The lowest BCUT2D eigenvalue weighted by molar-refractivity contribution is -0.167. The zero-order valence-corrected chi connectivity index (χ0v) is 25.4. The molecule has 2 atom stereocenters. The highest BCUT2D eigenvalue weighted by Crippen LogP contribution is 2.37. The lowest BCUT2D eigenvalue weighted by atomic mass is 9.93. The number of benzene rings is 2. The van der Waals surface area contributed by atoms with Crippen molar-refractivity contribution in [3.8, 4) is 11.1 Å². The zero-order chi connectivity index (χ0) is 35.0. The Morgan fingerprint density at radius 1 is 1.04 bits per heavy atom. The first kappa shape index (κ1) is 35.4. The summed E-state index contributed by atoms with van der Waals surface area (Å²) < 4.78 is 123. The fourth-order valence-electron chi connectivity index (χ4n) is 5.37. The monoisotopic (exact) mass is 675 g/mol. The molecule has 1 aliphatic heterocycles. The van der Waals surface area contributed by atoms with Gasteiger partial charge < -0.3 is 24.3 Å². The highest BCUT2D eigenvalue weighted by Gasteiger charge is 2.46. The molecule has 0 unspecified atom stereocenters. The SMILES string of the molecule is COC(=O)[C@H](Cc1ccc(-c2c(C(F)(F)F)cc(C)n(C)c2=O)c(C)c1)NC(=O)c1c(F)cc(N2CCOC[C@@H]2C(F)(F)F)cc1F. The summed E-state index contributed by atoms with van der Waals surface area (Å²) in [5.41, 5.74) is -3.68. The van der Waals surface area contributed by atoms with Crippen molar-refractivity contribution in [2.24, 2.45) is 7.05 Å². The van der Waals surface area contributed by atoms with E-state index in [1.54, 1.807) is 0 Å². The van der Waals surface area contributed by atoms with E-state index in [0.717, 1.165) is 17.7 Å². The standard InChI is InChI=1S/C31H29F8N3O5/c1-15-9-17(5-6-19(15)25-20(30(34,35)36)10-16(2)41(3)28(25)44)11-23(29(45)46-4)40-27(43)26-21(32)12-18(13-22(26)33)42-7-8-47-14-24(42)31(37,38)39/h5-6,9-10,12-13,23-24H,7-8,11,14H2,1-4H3,(H,40,43)/t23-,24+/m0/s1. The lowest BCUT2D eigenvalue weighted by Gasteiger charge is -2.38. The number of aromatic nitrogens is 1. The number of morpholine rings is 1. The second-order valence-corrected chi connectivity index (χ2v) is 10.9. The third-order valence-corrected chi connectivity index (χ3v) is 7.86. The van der Waals surface area contributed by atoms with Crippen LogP contribution in [-0.4, -0.2) is 61.6 Å². The van der Waals surface area contributed by atoms with E-state index in [4.69, 9.17) is 9.47 Å². The van der Waals surface area contributed by atoms with Crippen LogP contribution in [0.1, 0.15) is 32.7 Å². The van der Waals surface area contributed by atoms with Crippen molar-refractivity contribution < 1.29 is 54.2 Å². The molecule has 0 bridgehead atoms. The maximum atomic E-state index is 15.1. The van der Waals surface area contributed by atoms with Gasteiger partial charge in [-0.1, -0.05) is 18.2 Å². The molecule has 2 heterocycles. The average Bonchev–Trinajstić information content (AvgIpc) is 2.98. The molecule has 16 heteroatoms. The van der Waals surface area contributed by atoms with E-state index in [9.17, 15) is 40.7 Å². The molecule has 1 saturated heterocycles. The van der Waals surface area contributed by atoms with Crippen LogP contribution >= 0.6 is 0 Å². The number of aryl methyl sites for hydroxylation is 2. The number of methoxy groups -OCH3 is 1. The van der Waals surface area contributed by atoms with E-state index in [1.165, 1.54) is 39.1 Å². The predicted octanol–water partition coefficient (Wildman–Crippen LogP) is 5.25. The molecule has 0 radical (unpaired) electrons. The number of rotatable bonds is 7. The van der Waals surface area contributed by atoms with Crippen molar-refractivity contribution >= 4 is 17.6 Å². The van der Waals surface area contributed by atoms with Crippen molar-refractivity contribution in [2.75, 3.05) is 31.8 Å². The number of esters is 1. The number of carbonyl (C=O) groups is 2. The Balaban J connectivity index is 1.62. The fourth-order valence-corrected chi connectivity index (χ4v) is 5.37. The molecule has 8 nitrogen and oxygen atoms in total. The molecule has 47 heavy (non-hydrogen) atoms. The highest BCUT2D eigenvalue weighted by molar-refractivity contribution is 5.97. The first-order valence-electron chi connectivity index (χ1n) is 14.0. The molecular weight excluding hydrogens is 646 g/mol. The van der Waals surface area contributed by atoms with Crippen LogP contribution in [0.2, 0.25) is 0 Å². The van der Waals surface area contributed by atoms with Gasteiger partial charge in [0.2, 0.25) is 0 Å². The van der Waals surface area contributed by atoms with E-state index in [0.29, 0.717) is 17.0 Å². The van der Waals surface area contributed by atoms with E-state index in [-0.39, 0.29) is 42.0 Å². The van der Waals surface area contributed by atoms with Crippen molar-refractivity contribution in [1.29, 1.82) is 0 Å². The summed E-state index contributed by atoms with van der Waals surface area (Å²) >= 11 is 0. The predicted molar refractivity (Wildman–Crippen MR) is 153 cm³/mol. The minimum atomic E-state index is -4.84. The van der Waals surface area contributed by atoms with Crippen LogP contribution in [0, 0.1) is 25.5 Å². The van der Waals surface area contributed by atoms with Crippen LogP contribution in [0.15, 0.2) is 41.2 Å². The number of nitrogens with zero attached hydrogens (tertiary/aromatic N) is 2. The Kier molecular flexibility index (Phi) is 10.0. The van der Waals surface area contributed by atoms with Gasteiger partial charge in [-0.3, -0.25) is 9.59 Å². The maximum absolute atomic E-state index is 15.1. The number of halogens is 8. The normalized spacial score (nSPS) is 16.2. The van der Waals surface area contributed by atoms with Crippen LogP contribution < -0.4 is 15.8 Å². The van der Waals surface area contributed by atoms with E-state index in [2.05, 4.69) is 5.32 Å². The zero-order valence-electron chi connectivity index (χ0n) is 25.4. The third kappa shape index (κ3) is 7.42. The number of amides is 1. The first-order valence-corrected chi connectivity index (χ1v) is 14.0. The van der Waals surface area contributed by atoms with Gasteiger partial charge in [0.25, 0.3) is 11.5 Å². The molecule has 1 N–H and O–H groups in total. The number of alkyl halides is 6. The summed E-state index contributed by atoms with van der Waals surface area (Å²) in [6.07, 6.45) is -9.96. The Morgan fingerprint density at radius 3 is 2.23 bits per heavy atom. The number of anilines is 1. The Hall–Kier alpha value is -4.47. The van der Waals surface area contributed by atoms with Crippen LogP contribution in [0.3, 0.4) is 0 Å². The fraction of sp³-hybridized carbons (Fsp3) is 0.387. The minimum Gasteiger partial charge on any atom is -0.467 e. The summed E-state index contributed by atoms with van der Waals surface area (Å²) in [5, 5.41) is 2.15. The largest absolute Gasteiger partial charge is 0.467 e. The second-order valence-electron chi connectivity index (χ2n) is 10.9. The highest BCUT2D eigenvalue weighted by atomic mass is 19.4. The summed E-state index contributed by atoms with van der Waals surface area (Å²) in [7, 11) is 2.31. The molecular formula is C31H29F8N3O5. The van der Waals surface area contributed by atoms with Gasteiger partial charge in [0.05, 0.1) is 31.5 Å². The smallest absolute Gasteiger partial charge is 0.417 e. The topological polar surface area (TPSA) is 89.9 Å². The Labute approximate surface area is 262 Å². The van der Waals surface area contributed by atoms with Gasteiger partial charge in [0.15, 0.2) is 0 Å². The van der Waals surface area contributed by atoms with Gasteiger partial charge >= 0.3 is 18.3 Å². The number of hydrogen-bond donors (Lipinski definition) is 1. The van der Waals surface area contributed by atoms with E-state index < -0.39 is 82.5 Å². The molecule has 4 rings (SSSR count). The number of ether oxygens (including phenoxy) is 2. The molecule has 1 aliphatic rings. The molecule has 254 valence electrons. The Morgan fingerprint density at radius 2 is 1.68 bits per heavy atom. The Bertz CT molecular complexity index is 1730. The first-order chi connectivity index (χ1) is 21.8. The molecule has 2 aromatic carbocycles. The minimum absolute atomic E-state index is 0.0300. The lowest BCUT2D eigenvalue weighted by Crippen LogP contribution is -2.53. The second kappa shape index (κ2) is 13.3. The number of hydrogen-bond acceptors (Lipinski definition) is 6. The maximum Gasteiger partial charge on any atom is 0.417 e. The third-order valence-electron chi connectivity index (χ3n) is 7.86. The average molecular weight is 676 g/mol. The van der Waals surface area contributed by atoms with Crippen LogP contribution in [0.4, 0.5) is 40.8 Å². The van der Waals surface area contributed by atoms with Crippen molar-refractivity contribution in [3.63, 3.8) is 0 Å². The van der Waals surface area contributed by atoms with Gasteiger partial charge in [-0.15, -0.1) is 0 Å². The van der Waals surface area contributed by atoms with Crippen molar-refractivity contribution in [2.45, 2.75) is 44.7 Å². The van der Waals surface area contributed by atoms with Crippen molar-refractivity contribution in [3.05, 3.63) is 86.3 Å². The molecule has 1 aromatic heterocycles. The summed E-state index contributed by atoms with van der Waals surface area (Å²) in [6, 6.07) is 2.22. The van der Waals surface area contributed by atoms with Crippen LogP contribution in [0.5, 0.6) is 0 Å². The van der Waals surface area contributed by atoms with Crippen LogP contribution in [0.25, 0.3) is 11.1 Å². The van der Waals surface area contributed by atoms with Gasteiger partial charge in [0, 0.05) is 31.4 Å². The molecule has 0 spiro atoms. The molecule has 3 aromatic rings. The quantitative estimate of drug-likeness (QED) is 0.272. The van der Waals surface area contributed by atoms with Gasteiger partial charge in [-0.25, -0.2) is 13.6 Å². The molecule has 0 aliphatic carbocycles. The van der Waals surface area contributed by atoms with Gasteiger partial charge in [0.1, 0.15) is 29.3 Å². The van der Waals surface area contributed by atoms with Gasteiger partial charge in [-0.2, -0.15) is 26.3 Å². The number of pyridine rings is 1. The van der Waals surface area contributed by atoms with Crippen molar-refractivity contribution in [1.82, 2.24) is 9.88 Å². The summed E-state index contributed by atoms with van der Waals surface area (Å²) in [6.45, 7) is 1.57. The van der Waals surface area contributed by atoms with Crippen LogP contribution in [-0.2, 0) is 33.9 Å². The van der Waals surface area contributed by atoms with Gasteiger partial charge in [-0.05, 0) is 48.7 Å². The van der Waals surface area contributed by atoms with E-state index in [1.807, 2.05) is 0 Å². The molecule has 0 saturated carbocycles.